The van der Waals surface area contributed by atoms with Gasteiger partial charge in [-0.3, -0.25) is 4.79 Å². The predicted octanol–water partition coefficient (Wildman–Crippen LogP) is 5.95. The molecule has 0 spiro atoms. The molecule has 0 radical (unpaired) electrons. The number of hydrogen-bond donors (Lipinski definition) is 1. The fourth-order valence-electron chi connectivity index (χ4n) is 2.92. The summed E-state index contributed by atoms with van der Waals surface area (Å²) < 4.78 is 36.4. The maximum absolute atomic E-state index is 12.7. The van der Waals surface area contributed by atoms with Crippen molar-refractivity contribution in [1.82, 2.24) is 0 Å². The second kappa shape index (κ2) is 16.8. The molecule has 2 N–H and O–H groups in total. The van der Waals surface area contributed by atoms with Crippen LogP contribution < -0.4 is 15.2 Å². The van der Waals surface area contributed by atoms with E-state index in [1.54, 1.807) is 19.9 Å². The Morgan fingerprint density at radius 3 is 1.81 bits per heavy atom. The van der Waals surface area contributed by atoms with Gasteiger partial charge < -0.3 is 38.9 Å². The van der Waals surface area contributed by atoms with E-state index in [9.17, 15) is 19.2 Å². The van der Waals surface area contributed by atoms with E-state index in [1.165, 1.54) is 12.1 Å². The van der Waals surface area contributed by atoms with E-state index in [4.69, 9.17) is 38.9 Å². The minimum atomic E-state index is -1.11. The second-order valence-electron chi connectivity index (χ2n) is 12.4. The number of hydrogen-bond acceptors (Lipinski definition) is 12. The molecule has 0 aliphatic carbocycles. The summed E-state index contributed by atoms with van der Waals surface area (Å²) in [4.78, 5) is 49.1. The number of esters is 1. The number of benzene rings is 1. The molecule has 0 saturated carbocycles. The van der Waals surface area contributed by atoms with Gasteiger partial charge in [-0.15, -0.1) is 0 Å². The molecular weight excluding hydrogens is 550 g/mol. The molecular formula is C30H47NO11. The lowest BCUT2D eigenvalue weighted by Gasteiger charge is -2.22. The topological polar surface area (TPSA) is 159 Å². The van der Waals surface area contributed by atoms with E-state index >= 15 is 0 Å². The summed E-state index contributed by atoms with van der Waals surface area (Å²) in [5.74, 6) is -0.959. The van der Waals surface area contributed by atoms with Gasteiger partial charge in [-0.2, -0.15) is 0 Å². The van der Waals surface area contributed by atoms with Crippen molar-refractivity contribution in [2.24, 2.45) is 16.6 Å². The Hall–Kier alpha value is -3.54. The number of carbonyl (C=O) groups excluding carboxylic acids is 4. The number of nitrogens with two attached hydrogens (primary N) is 1. The van der Waals surface area contributed by atoms with Crippen LogP contribution in [0.25, 0.3) is 0 Å². The zero-order chi connectivity index (χ0) is 32.1. The van der Waals surface area contributed by atoms with Gasteiger partial charge in [-0.25, -0.2) is 14.4 Å². The first-order valence-electron chi connectivity index (χ1n) is 14.0. The Bertz CT molecular complexity index is 1040. The van der Waals surface area contributed by atoms with Crippen LogP contribution in [-0.2, 0) is 34.9 Å². The average molecular weight is 598 g/mol. The van der Waals surface area contributed by atoms with E-state index in [-0.39, 0.29) is 48.6 Å². The van der Waals surface area contributed by atoms with Crippen LogP contribution >= 0.6 is 0 Å². The first kappa shape index (κ1) is 36.5. The van der Waals surface area contributed by atoms with Crippen molar-refractivity contribution in [1.29, 1.82) is 0 Å². The molecule has 12 nitrogen and oxygen atoms in total. The molecule has 0 bridgehead atoms. The number of carbonyl (C=O) groups is 4. The van der Waals surface area contributed by atoms with E-state index < -0.39 is 42.7 Å². The highest BCUT2D eigenvalue weighted by Gasteiger charge is 2.26. The molecule has 12 heteroatoms. The first-order chi connectivity index (χ1) is 19.4. The number of rotatable bonds is 13. The molecule has 0 amide bonds. The third kappa shape index (κ3) is 15.5. The fraction of sp³-hybridized carbons (Fsp3) is 0.667. The maximum Gasteiger partial charge on any atom is 0.513 e. The monoisotopic (exact) mass is 597 g/mol. The standard InChI is InChI=1S/C30H47NO11/c1-10-11-14-36-26(33)40-20(3)19(2)39-25(32)22(31)15-21-12-13-23(41-27(34)37-17-29(4,5)6)24(16-21)42-28(35)38-18-30(7,8)9/h12-13,16,19-20,22H,10-11,14-15,17-18,31H2,1-9H3/t19-,20?,22-/m0/s1. The maximum atomic E-state index is 12.7. The molecule has 1 unspecified atom stereocenters. The van der Waals surface area contributed by atoms with Gasteiger partial charge in [-0.1, -0.05) is 61.0 Å². The lowest BCUT2D eigenvalue weighted by molar-refractivity contribution is -0.155. The highest BCUT2D eigenvalue weighted by Crippen LogP contribution is 2.30. The zero-order valence-electron chi connectivity index (χ0n) is 26.3. The van der Waals surface area contributed by atoms with E-state index in [1.807, 2.05) is 48.5 Å². The molecule has 1 aromatic rings. The lowest BCUT2D eigenvalue weighted by Crippen LogP contribution is -2.39. The SMILES string of the molecule is CCCCOC(=O)OC(C)[C@H](C)OC(=O)[C@@H](N)Cc1ccc(OC(=O)OCC(C)(C)C)c(OC(=O)OCC(C)(C)C)c1. The van der Waals surface area contributed by atoms with Crippen molar-refractivity contribution in [3.63, 3.8) is 0 Å². The van der Waals surface area contributed by atoms with Gasteiger partial charge in [0, 0.05) is 0 Å². The molecule has 3 atom stereocenters. The van der Waals surface area contributed by atoms with Gasteiger partial charge in [0.05, 0.1) is 19.8 Å². The van der Waals surface area contributed by atoms with Gasteiger partial charge in [0.25, 0.3) is 0 Å². The summed E-state index contributed by atoms with van der Waals surface area (Å²) in [6.45, 7) is 16.8. The minimum absolute atomic E-state index is 0.0119. The third-order valence-electron chi connectivity index (χ3n) is 5.36. The minimum Gasteiger partial charge on any atom is -0.458 e. The van der Waals surface area contributed by atoms with Crippen LogP contribution in [0.2, 0.25) is 0 Å². The molecule has 238 valence electrons. The first-order valence-corrected chi connectivity index (χ1v) is 14.0. The van der Waals surface area contributed by atoms with Crippen LogP contribution in [0.1, 0.15) is 80.7 Å². The normalized spacial score (nSPS) is 13.7. The van der Waals surface area contributed by atoms with Gasteiger partial charge >= 0.3 is 24.4 Å². The molecule has 1 rings (SSSR count). The molecule has 1 aromatic carbocycles. The Balaban J connectivity index is 2.93. The summed E-state index contributed by atoms with van der Waals surface area (Å²) in [5, 5.41) is 0. The van der Waals surface area contributed by atoms with E-state index in [0.717, 1.165) is 6.42 Å². The lowest BCUT2D eigenvalue weighted by atomic mass is 9.99. The molecule has 0 heterocycles. The highest BCUT2D eigenvalue weighted by atomic mass is 16.7. The smallest absolute Gasteiger partial charge is 0.458 e. The summed E-state index contributed by atoms with van der Waals surface area (Å²) in [7, 11) is 0. The van der Waals surface area contributed by atoms with Gasteiger partial charge in [0.15, 0.2) is 11.5 Å². The molecule has 0 aromatic heterocycles. The van der Waals surface area contributed by atoms with Crippen molar-refractivity contribution >= 4 is 24.4 Å². The van der Waals surface area contributed by atoms with E-state index in [2.05, 4.69) is 0 Å². The number of ether oxygens (including phenoxy) is 7. The van der Waals surface area contributed by atoms with E-state index in [0.29, 0.717) is 12.0 Å². The fourth-order valence-corrected chi connectivity index (χ4v) is 2.92. The third-order valence-corrected chi connectivity index (χ3v) is 5.36. The Morgan fingerprint density at radius 2 is 1.29 bits per heavy atom. The summed E-state index contributed by atoms with van der Waals surface area (Å²) >= 11 is 0. The van der Waals surface area contributed by atoms with Crippen molar-refractivity contribution in [3.8, 4) is 11.5 Å². The zero-order valence-corrected chi connectivity index (χ0v) is 26.3. The number of unbranched alkanes of at least 4 members (excludes halogenated alkanes) is 1. The van der Waals surface area contributed by atoms with Gasteiger partial charge in [0.1, 0.15) is 18.2 Å². The Morgan fingerprint density at radius 1 is 0.762 bits per heavy atom. The van der Waals surface area contributed by atoms with Crippen LogP contribution in [0.4, 0.5) is 14.4 Å². The molecule has 0 aliphatic heterocycles. The van der Waals surface area contributed by atoms with Crippen molar-refractivity contribution < 1.29 is 52.3 Å². The summed E-state index contributed by atoms with van der Waals surface area (Å²) in [6, 6.07) is 3.23. The van der Waals surface area contributed by atoms with Crippen molar-refractivity contribution in [2.45, 2.75) is 99.8 Å². The summed E-state index contributed by atoms with van der Waals surface area (Å²) in [6.07, 6.45) is -2.84. The van der Waals surface area contributed by atoms with Gasteiger partial charge in [0.2, 0.25) is 0 Å². The van der Waals surface area contributed by atoms with Crippen LogP contribution in [0.15, 0.2) is 18.2 Å². The molecule has 0 aliphatic rings. The molecule has 42 heavy (non-hydrogen) atoms. The van der Waals surface area contributed by atoms with Crippen LogP contribution in [0.5, 0.6) is 11.5 Å². The average Bonchev–Trinajstić information content (AvgIpc) is 2.87. The van der Waals surface area contributed by atoms with Crippen LogP contribution in [0, 0.1) is 10.8 Å². The van der Waals surface area contributed by atoms with Crippen molar-refractivity contribution in [3.05, 3.63) is 23.8 Å². The summed E-state index contributed by atoms with van der Waals surface area (Å²) in [5.41, 5.74) is 5.96. The Kier molecular flexibility index (Phi) is 14.6. The highest BCUT2D eigenvalue weighted by molar-refractivity contribution is 5.76. The molecule has 0 fully saturated rings. The quantitative estimate of drug-likeness (QED) is 0.123. The predicted molar refractivity (Wildman–Crippen MR) is 153 cm³/mol. The van der Waals surface area contributed by atoms with Crippen LogP contribution in [0.3, 0.4) is 0 Å². The van der Waals surface area contributed by atoms with Gasteiger partial charge in [-0.05, 0) is 55.2 Å². The largest absolute Gasteiger partial charge is 0.513 e. The molecule has 0 saturated heterocycles. The second-order valence-corrected chi connectivity index (χ2v) is 12.4. The van der Waals surface area contributed by atoms with Crippen molar-refractivity contribution in [2.75, 3.05) is 19.8 Å². The van der Waals surface area contributed by atoms with Crippen LogP contribution in [-0.4, -0.2) is 62.5 Å². The Labute approximate surface area is 248 Å².